The molecular formula is C32H39N5O4. The lowest BCUT2D eigenvalue weighted by atomic mass is 9.84. The van der Waals surface area contributed by atoms with E-state index < -0.39 is 18.2 Å². The number of amides is 3. The number of fused-ring (bicyclic) bond motifs is 1. The van der Waals surface area contributed by atoms with Gasteiger partial charge >= 0.3 is 6.09 Å². The third-order valence-corrected chi connectivity index (χ3v) is 8.26. The van der Waals surface area contributed by atoms with Crippen LogP contribution in [-0.2, 0) is 27.5 Å². The van der Waals surface area contributed by atoms with Crippen molar-refractivity contribution in [1.29, 1.82) is 0 Å². The molecule has 1 saturated heterocycles. The Labute approximate surface area is 240 Å². The van der Waals surface area contributed by atoms with E-state index in [1.807, 2.05) is 54.6 Å². The molecule has 0 radical (unpaired) electrons. The van der Waals surface area contributed by atoms with Crippen LogP contribution in [0, 0.1) is 5.92 Å². The highest BCUT2D eigenvalue weighted by molar-refractivity contribution is 5.93. The van der Waals surface area contributed by atoms with Gasteiger partial charge in [0.05, 0.1) is 0 Å². The number of anilines is 1. The minimum atomic E-state index is -0.731. The van der Waals surface area contributed by atoms with Crippen LogP contribution >= 0.6 is 0 Å². The summed E-state index contributed by atoms with van der Waals surface area (Å²) in [5, 5.41) is 7.68. The number of alkyl carbamates (subject to hydrolysis) is 1. The number of ether oxygens (including phenoxy) is 1. The van der Waals surface area contributed by atoms with Crippen LogP contribution in [0.4, 0.5) is 10.6 Å². The number of pyridine rings is 1. The fourth-order valence-corrected chi connectivity index (χ4v) is 6.04. The number of carbonyl (C=O) groups is 3. The summed E-state index contributed by atoms with van der Waals surface area (Å²) in [5.74, 6) is 0.395. The highest BCUT2D eigenvalue weighted by Gasteiger charge is 2.38. The monoisotopic (exact) mass is 557 g/mol. The van der Waals surface area contributed by atoms with E-state index in [0.717, 1.165) is 54.0 Å². The van der Waals surface area contributed by atoms with Gasteiger partial charge in [0.1, 0.15) is 24.5 Å². The van der Waals surface area contributed by atoms with Gasteiger partial charge in [-0.1, -0.05) is 74.6 Å². The second-order valence-electron chi connectivity index (χ2n) is 11.2. The van der Waals surface area contributed by atoms with E-state index >= 15 is 0 Å². The molecule has 2 aromatic carbocycles. The van der Waals surface area contributed by atoms with Gasteiger partial charge in [0, 0.05) is 24.7 Å². The summed E-state index contributed by atoms with van der Waals surface area (Å²) in [7, 11) is 0. The molecule has 4 N–H and O–H groups in total. The van der Waals surface area contributed by atoms with E-state index in [1.165, 1.54) is 6.42 Å². The van der Waals surface area contributed by atoms with E-state index in [0.29, 0.717) is 37.7 Å². The molecular weight excluding hydrogens is 518 g/mol. The van der Waals surface area contributed by atoms with E-state index in [2.05, 4.69) is 15.6 Å². The van der Waals surface area contributed by atoms with Crippen molar-refractivity contribution in [3.63, 3.8) is 0 Å². The second-order valence-corrected chi connectivity index (χ2v) is 11.2. The van der Waals surface area contributed by atoms with Crippen molar-refractivity contribution in [3.05, 3.63) is 71.9 Å². The summed E-state index contributed by atoms with van der Waals surface area (Å²) in [6.07, 6.45) is 8.48. The maximum absolute atomic E-state index is 13.9. The fourth-order valence-electron chi connectivity index (χ4n) is 6.04. The summed E-state index contributed by atoms with van der Waals surface area (Å²) in [4.78, 5) is 45.7. The normalized spacial score (nSPS) is 18.1. The largest absolute Gasteiger partial charge is 0.445 e. The zero-order chi connectivity index (χ0) is 28.6. The number of nitrogens with one attached hydrogen (secondary N) is 2. The molecule has 0 spiro atoms. The Bertz CT molecular complexity index is 1360. The molecule has 2 aliphatic rings. The Morgan fingerprint density at radius 2 is 1.78 bits per heavy atom. The lowest BCUT2D eigenvalue weighted by molar-refractivity contribution is -0.140. The molecule has 2 unspecified atom stereocenters. The second kappa shape index (κ2) is 13.5. The third-order valence-electron chi connectivity index (χ3n) is 8.26. The van der Waals surface area contributed by atoms with Gasteiger partial charge in [-0.2, -0.15) is 0 Å². The number of rotatable bonds is 9. The van der Waals surface area contributed by atoms with Crippen LogP contribution in [0.1, 0.15) is 62.5 Å². The van der Waals surface area contributed by atoms with Crippen molar-refractivity contribution >= 4 is 34.5 Å². The zero-order valence-corrected chi connectivity index (χ0v) is 23.4. The lowest BCUT2D eigenvalue weighted by Crippen LogP contribution is -2.54. The number of nitrogen functional groups attached to an aromatic ring is 1. The number of nitrogens with zero attached hydrogens (tertiary/aromatic N) is 2. The number of hydrogen-bond acceptors (Lipinski definition) is 6. The first-order chi connectivity index (χ1) is 20.0. The summed E-state index contributed by atoms with van der Waals surface area (Å²) in [6.45, 7) is 0.927. The van der Waals surface area contributed by atoms with E-state index in [9.17, 15) is 14.4 Å². The van der Waals surface area contributed by atoms with Crippen LogP contribution < -0.4 is 16.4 Å². The van der Waals surface area contributed by atoms with Gasteiger partial charge in [0.25, 0.3) is 0 Å². The molecule has 41 heavy (non-hydrogen) atoms. The molecule has 1 aliphatic carbocycles. The molecule has 9 heteroatoms. The van der Waals surface area contributed by atoms with Gasteiger partial charge < -0.3 is 26.0 Å². The lowest BCUT2D eigenvalue weighted by Gasteiger charge is -2.31. The first-order valence-electron chi connectivity index (χ1n) is 14.7. The number of aromatic nitrogens is 1. The van der Waals surface area contributed by atoms with E-state index in [4.69, 9.17) is 10.5 Å². The Hall–Kier alpha value is -4.14. The molecule has 1 aromatic heterocycles. The number of carbonyl (C=O) groups excluding carboxylic acids is 3. The first kappa shape index (κ1) is 28.4. The maximum atomic E-state index is 13.9. The molecule has 216 valence electrons. The average molecular weight is 558 g/mol. The Kier molecular flexibility index (Phi) is 9.33. The molecule has 5 rings (SSSR count). The zero-order valence-electron chi connectivity index (χ0n) is 23.4. The molecule has 1 aliphatic heterocycles. The highest BCUT2D eigenvalue weighted by Crippen LogP contribution is 2.29. The number of likely N-dealkylation sites (tertiary alicyclic amines) is 1. The molecule has 9 nitrogen and oxygen atoms in total. The van der Waals surface area contributed by atoms with Gasteiger partial charge in [-0.15, -0.1) is 0 Å². The van der Waals surface area contributed by atoms with Crippen LogP contribution in [0.15, 0.2) is 60.8 Å². The van der Waals surface area contributed by atoms with Crippen molar-refractivity contribution in [2.75, 3.05) is 12.3 Å². The number of benzene rings is 2. The molecule has 2 fully saturated rings. The first-order valence-corrected chi connectivity index (χ1v) is 14.7. The average Bonchev–Trinajstić information content (AvgIpc) is 3.50. The smallest absolute Gasteiger partial charge is 0.408 e. The summed E-state index contributed by atoms with van der Waals surface area (Å²) in [6, 6.07) is 15.9. The topological polar surface area (TPSA) is 127 Å². The predicted molar refractivity (Wildman–Crippen MR) is 157 cm³/mol. The molecule has 0 bridgehead atoms. The minimum absolute atomic E-state index is 0.127. The number of nitrogens with two attached hydrogens (primary N) is 1. The van der Waals surface area contributed by atoms with Crippen molar-refractivity contribution in [3.8, 4) is 0 Å². The minimum Gasteiger partial charge on any atom is -0.445 e. The van der Waals surface area contributed by atoms with Crippen LogP contribution in [0.2, 0.25) is 0 Å². The maximum Gasteiger partial charge on any atom is 0.408 e. The van der Waals surface area contributed by atoms with E-state index in [-0.39, 0.29) is 18.4 Å². The van der Waals surface area contributed by atoms with Crippen LogP contribution in [0.5, 0.6) is 0 Å². The van der Waals surface area contributed by atoms with Crippen LogP contribution in [0.3, 0.4) is 0 Å². The molecule has 3 amide bonds. The Morgan fingerprint density at radius 1 is 0.976 bits per heavy atom. The standard InChI is InChI=1S/C32H39N5O4/c33-29-26-18-24(13-14-25(26)15-16-34-29)20-35-30(38)28-12-7-17-37(28)31(39)27(19-22-8-3-1-4-9-22)36-32(40)41-21-23-10-5-2-6-11-23/h2,5-6,10-11,13-16,18,22,27-28H,1,3-4,7-9,12,17,19-21H2,(H2,33,34)(H,35,38)(H,36,40). The Morgan fingerprint density at radius 3 is 2.59 bits per heavy atom. The van der Waals surface area contributed by atoms with Gasteiger partial charge in [0.15, 0.2) is 0 Å². The quantitative estimate of drug-likeness (QED) is 0.350. The number of hydrogen-bond donors (Lipinski definition) is 3. The van der Waals surface area contributed by atoms with Gasteiger partial charge in [-0.25, -0.2) is 9.78 Å². The van der Waals surface area contributed by atoms with Crippen molar-refractivity contribution in [1.82, 2.24) is 20.5 Å². The van der Waals surface area contributed by atoms with Crippen molar-refractivity contribution < 1.29 is 19.1 Å². The predicted octanol–water partition coefficient (Wildman–Crippen LogP) is 4.69. The highest BCUT2D eigenvalue weighted by atomic mass is 16.5. The van der Waals surface area contributed by atoms with Gasteiger partial charge in [0.2, 0.25) is 11.8 Å². The van der Waals surface area contributed by atoms with E-state index in [1.54, 1.807) is 11.1 Å². The third kappa shape index (κ3) is 7.34. The summed E-state index contributed by atoms with van der Waals surface area (Å²) >= 11 is 0. The van der Waals surface area contributed by atoms with Crippen LogP contribution in [-0.4, -0.2) is 46.4 Å². The SMILES string of the molecule is Nc1nccc2ccc(CNC(=O)C3CCCN3C(=O)C(CC3CCCCC3)NC(=O)OCc3ccccc3)cc12. The molecule has 1 saturated carbocycles. The fraction of sp³-hybridized carbons (Fsp3) is 0.438. The Balaban J connectivity index is 1.23. The van der Waals surface area contributed by atoms with Crippen molar-refractivity contribution in [2.24, 2.45) is 5.92 Å². The molecule has 2 atom stereocenters. The summed E-state index contributed by atoms with van der Waals surface area (Å²) in [5.41, 5.74) is 7.81. The molecule has 2 heterocycles. The van der Waals surface area contributed by atoms with Crippen molar-refractivity contribution in [2.45, 2.75) is 76.6 Å². The summed E-state index contributed by atoms with van der Waals surface area (Å²) < 4.78 is 5.45. The van der Waals surface area contributed by atoms with Crippen LogP contribution in [0.25, 0.3) is 10.8 Å². The van der Waals surface area contributed by atoms with Gasteiger partial charge in [-0.3, -0.25) is 9.59 Å². The van der Waals surface area contributed by atoms with Gasteiger partial charge in [-0.05, 0) is 53.8 Å². The molecule has 3 aromatic rings.